The number of rotatable bonds is 4. The normalized spacial score (nSPS) is 17.8. The fourth-order valence-electron chi connectivity index (χ4n) is 2.87. The summed E-state index contributed by atoms with van der Waals surface area (Å²) in [7, 11) is 0. The number of para-hydroxylation sites is 1. The Morgan fingerprint density at radius 1 is 1.45 bits per heavy atom. The van der Waals surface area contributed by atoms with Crippen molar-refractivity contribution in [2.45, 2.75) is 19.8 Å². The number of H-pyrrole nitrogens is 1. The number of aromatic nitrogens is 1. The van der Waals surface area contributed by atoms with Gasteiger partial charge >= 0.3 is 0 Å². The van der Waals surface area contributed by atoms with Crippen LogP contribution in [0.15, 0.2) is 29.2 Å². The molecule has 0 bridgehead atoms. The molecular formula is C17H20N2O3. The zero-order valence-electron chi connectivity index (χ0n) is 12.6. The largest absolute Gasteiger partial charge is 0.381 e. The van der Waals surface area contributed by atoms with Gasteiger partial charge in [-0.15, -0.1) is 0 Å². The second-order valence-electron chi connectivity index (χ2n) is 5.80. The summed E-state index contributed by atoms with van der Waals surface area (Å²) in [5.74, 6) is 0.196. The highest BCUT2D eigenvalue weighted by atomic mass is 16.5. The summed E-state index contributed by atoms with van der Waals surface area (Å²) in [6.07, 6.45) is 3.44. The highest BCUT2D eigenvalue weighted by Gasteiger charge is 2.17. The van der Waals surface area contributed by atoms with Crippen molar-refractivity contribution in [3.8, 4) is 0 Å². The van der Waals surface area contributed by atoms with Crippen LogP contribution in [0, 0.1) is 12.8 Å². The van der Waals surface area contributed by atoms with Crippen LogP contribution in [0.4, 0.5) is 0 Å². The Labute approximate surface area is 128 Å². The first-order chi connectivity index (χ1) is 10.7. The smallest absolute Gasteiger partial charge is 0.256 e. The molecule has 1 atom stereocenters. The average Bonchev–Trinajstić information content (AvgIpc) is 3.02. The number of amides is 1. The van der Waals surface area contributed by atoms with Crippen molar-refractivity contribution < 1.29 is 9.53 Å². The van der Waals surface area contributed by atoms with Crippen LogP contribution in [0.1, 0.15) is 28.8 Å². The van der Waals surface area contributed by atoms with Gasteiger partial charge in [-0.25, -0.2) is 0 Å². The highest BCUT2D eigenvalue weighted by Crippen LogP contribution is 2.15. The van der Waals surface area contributed by atoms with E-state index in [1.807, 2.05) is 19.1 Å². The first-order valence-corrected chi connectivity index (χ1v) is 7.64. The lowest BCUT2D eigenvalue weighted by Gasteiger charge is -2.09. The molecule has 116 valence electrons. The molecule has 1 aromatic heterocycles. The minimum atomic E-state index is -0.316. The third kappa shape index (κ3) is 2.90. The number of hydrogen-bond acceptors (Lipinski definition) is 3. The lowest BCUT2D eigenvalue weighted by atomic mass is 10.1. The standard InChI is InChI=1S/C17H20N2O3/c1-11-3-2-4-13-15(11)19-9-14(16(13)20)17(21)18-7-5-12-6-8-22-10-12/h2-4,9,12H,5-8,10H2,1H3,(H,18,21)(H,19,20). The molecule has 1 aliphatic rings. The maximum absolute atomic E-state index is 12.4. The average molecular weight is 300 g/mol. The van der Waals surface area contributed by atoms with Crippen molar-refractivity contribution >= 4 is 16.8 Å². The number of pyridine rings is 1. The Hall–Kier alpha value is -2.14. The number of aryl methyl sites for hydroxylation is 1. The Kier molecular flexibility index (Phi) is 4.24. The van der Waals surface area contributed by atoms with Gasteiger partial charge in [0.05, 0.1) is 5.52 Å². The molecule has 1 amide bonds. The third-order valence-corrected chi connectivity index (χ3v) is 4.23. The monoisotopic (exact) mass is 300 g/mol. The summed E-state index contributed by atoms with van der Waals surface area (Å²) in [5.41, 5.74) is 1.72. The van der Waals surface area contributed by atoms with Crippen molar-refractivity contribution in [1.82, 2.24) is 10.3 Å². The SMILES string of the molecule is Cc1cccc2c(=O)c(C(=O)NCCC3CCOC3)c[nH]c12. The van der Waals surface area contributed by atoms with Gasteiger partial charge in [-0.1, -0.05) is 12.1 Å². The molecule has 2 aromatic rings. The number of hydrogen-bond donors (Lipinski definition) is 2. The number of nitrogens with one attached hydrogen (secondary N) is 2. The Morgan fingerprint density at radius 3 is 3.09 bits per heavy atom. The minimum absolute atomic E-state index is 0.167. The zero-order valence-corrected chi connectivity index (χ0v) is 12.6. The van der Waals surface area contributed by atoms with Crippen LogP contribution in [-0.4, -0.2) is 30.6 Å². The van der Waals surface area contributed by atoms with Crippen molar-refractivity contribution in [3.05, 3.63) is 45.7 Å². The van der Waals surface area contributed by atoms with Gasteiger partial charge in [0.2, 0.25) is 5.43 Å². The molecule has 5 heteroatoms. The second-order valence-corrected chi connectivity index (χ2v) is 5.80. The fraction of sp³-hybridized carbons (Fsp3) is 0.412. The van der Waals surface area contributed by atoms with Gasteiger partial charge in [0.25, 0.3) is 5.91 Å². The molecule has 1 fully saturated rings. The number of carbonyl (C=O) groups is 1. The van der Waals surface area contributed by atoms with Gasteiger partial charge in [-0.05, 0) is 37.3 Å². The molecule has 0 aliphatic carbocycles. The number of benzene rings is 1. The van der Waals surface area contributed by atoms with E-state index in [1.165, 1.54) is 6.20 Å². The second kappa shape index (κ2) is 6.32. The summed E-state index contributed by atoms with van der Waals surface area (Å²) < 4.78 is 5.31. The van der Waals surface area contributed by atoms with E-state index in [0.717, 1.165) is 37.1 Å². The summed E-state index contributed by atoms with van der Waals surface area (Å²) in [5, 5.41) is 3.38. The topological polar surface area (TPSA) is 71.2 Å². The molecule has 22 heavy (non-hydrogen) atoms. The van der Waals surface area contributed by atoms with E-state index in [1.54, 1.807) is 6.07 Å². The third-order valence-electron chi connectivity index (χ3n) is 4.23. The van der Waals surface area contributed by atoms with E-state index in [2.05, 4.69) is 10.3 Å². The van der Waals surface area contributed by atoms with Gasteiger partial charge in [0.1, 0.15) is 5.56 Å². The van der Waals surface area contributed by atoms with Gasteiger partial charge in [-0.3, -0.25) is 9.59 Å². The molecule has 2 heterocycles. The van der Waals surface area contributed by atoms with Crippen molar-refractivity contribution in [2.75, 3.05) is 19.8 Å². The molecule has 1 aliphatic heterocycles. The van der Waals surface area contributed by atoms with Crippen molar-refractivity contribution in [2.24, 2.45) is 5.92 Å². The molecule has 0 saturated carbocycles. The lowest BCUT2D eigenvalue weighted by Crippen LogP contribution is -2.30. The Bertz CT molecular complexity index is 745. The predicted molar refractivity (Wildman–Crippen MR) is 85.2 cm³/mol. The van der Waals surface area contributed by atoms with Crippen LogP contribution in [0.5, 0.6) is 0 Å². The van der Waals surface area contributed by atoms with Crippen LogP contribution in [0.25, 0.3) is 10.9 Å². The van der Waals surface area contributed by atoms with E-state index in [0.29, 0.717) is 17.8 Å². The minimum Gasteiger partial charge on any atom is -0.381 e. The van der Waals surface area contributed by atoms with E-state index < -0.39 is 0 Å². The summed E-state index contributed by atoms with van der Waals surface area (Å²) in [4.78, 5) is 27.7. The van der Waals surface area contributed by atoms with Crippen LogP contribution >= 0.6 is 0 Å². The number of fused-ring (bicyclic) bond motifs is 1. The maximum Gasteiger partial charge on any atom is 0.256 e. The molecule has 3 rings (SSSR count). The van der Waals surface area contributed by atoms with Crippen LogP contribution < -0.4 is 10.7 Å². The molecule has 1 unspecified atom stereocenters. The number of ether oxygens (including phenoxy) is 1. The van der Waals surface area contributed by atoms with Crippen LogP contribution in [0.2, 0.25) is 0 Å². The molecule has 0 radical (unpaired) electrons. The molecule has 2 N–H and O–H groups in total. The first kappa shape index (κ1) is 14.8. The number of carbonyl (C=O) groups excluding carboxylic acids is 1. The van der Waals surface area contributed by atoms with Gasteiger partial charge in [-0.2, -0.15) is 0 Å². The molecular weight excluding hydrogens is 280 g/mol. The maximum atomic E-state index is 12.4. The van der Waals surface area contributed by atoms with E-state index in [9.17, 15) is 9.59 Å². The number of aromatic amines is 1. The van der Waals surface area contributed by atoms with Crippen molar-refractivity contribution in [3.63, 3.8) is 0 Å². The van der Waals surface area contributed by atoms with Gasteiger partial charge in [0, 0.05) is 31.3 Å². The van der Waals surface area contributed by atoms with Crippen LogP contribution in [0.3, 0.4) is 0 Å². The quantitative estimate of drug-likeness (QED) is 0.907. The predicted octanol–water partition coefficient (Wildman–Crippen LogP) is 1.99. The molecule has 1 aromatic carbocycles. The van der Waals surface area contributed by atoms with E-state index >= 15 is 0 Å². The summed E-state index contributed by atoms with van der Waals surface area (Å²) >= 11 is 0. The van der Waals surface area contributed by atoms with E-state index in [-0.39, 0.29) is 16.9 Å². The summed E-state index contributed by atoms with van der Waals surface area (Å²) in [6, 6.07) is 5.50. The fourth-order valence-corrected chi connectivity index (χ4v) is 2.87. The van der Waals surface area contributed by atoms with Crippen LogP contribution in [-0.2, 0) is 4.74 Å². The summed E-state index contributed by atoms with van der Waals surface area (Å²) in [6.45, 7) is 4.08. The van der Waals surface area contributed by atoms with Gasteiger partial charge in [0.15, 0.2) is 0 Å². The van der Waals surface area contributed by atoms with Crippen molar-refractivity contribution in [1.29, 1.82) is 0 Å². The molecule has 1 saturated heterocycles. The highest BCUT2D eigenvalue weighted by molar-refractivity contribution is 5.97. The molecule has 5 nitrogen and oxygen atoms in total. The zero-order chi connectivity index (χ0) is 15.5. The first-order valence-electron chi connectivity index (χ1n) is 7.64. The Morgan fingerprint density at radius 2 is 2.32 bits per heavy atom. The lowest BCUT2D eigenvalue weighted by molar-refractivity contribution is 0.0949. The van der Waals surface area contributed by atoms with Gasteiger partial charge < -0.3 is 15.0 Å². The van der Waals surface area contributed by atoms with E-state index in [4.69, 9.17) is 4.74 Å². The Balaban J connectivity index is 1.73. The molecule has 0 spiro atoms.